The molecule has 0 bridgehead atoms. The highest BCUT2D eigenvalue weighted by Gasteiger charge is 2.17. The lowest BCUT2D eigenvalue weighted by Gasteiger charge is -2.19. The molecule has 0 aliphatic rings. The monoisotopic (exact) mass is 303 g/mol. The van der Waals surface area contributed by atoms with Crippen LogP contribution in [0.15, 0.2) is 35.3 Å². The minimum Gasteiger partial charge on any atom is -0.497 e. The van der Waals surface area contributed by atoms with E-state index in [0.29, 0.717) is 17.8 Å². The number of anilines is 1. The van der Waals surface area contributed by atoms with Crippen LogP contribution < -0.4 is 15.2 Å². The number of benzene rings is 1. The molecule has 2 aromatic rings. The molecule has 0 aliphatic carbocycles. The van der Waals surface area contributed by atoms with Gasteiger partial charge in [0.15, 0.2) is 0 Å². The number of ether oxygens (including phenoxy) is 1. The molecule has 0 radical (unpaired) electrons. The van der Waals surface area contributed by atoms with Crippen LogP contribution in [-0.4, -0.2) is 36.1 Å². The number of aliphatic hydroxyl groups excluding tert-OH is 1. The summed E-state index contributed by atoms with van der Waals surface area (Å²) in [5.74, 6) is 0.761. The van der Waals surface area contributed by atoms with Crippen molar-refractivity contribution in [2.45, 2.75) is 19.6 Å². The van der Waals surface area contributed by atoms with E-state index >= 15 is 0 Å². The standard InChI is InChI=1S/C16H21N3O3/c1-11(20)15-14(18(2)3)9-17-19(16(15)21)10-12-5-7-13(22-4)8-6-12/h5-9,11,20H,10H2,1-4H3. The highest BCUT2D eigenvalue weighted by molar-refractivity contribution is 5.50. The molecule has 2 rings (SSSR count). The molecule has 0 saturated heterocycles. The van der Waals surface area contributed by atoms with Crippen molar-refractivity contribution < 1.29 is 9.84 Å². The maximum absolute atomic E-state index is 12.6. The van der Waals surface area contributed by atoms with Gasteiger partial charge in [0.05, 0.1) is 37.2 Å². The first-order valence-corrected chi connectivity index (χ1v) is 7.02. The molecule has 1 atom stereocenters. The minimum absolute atomic E-state index is 0.281. The first-order valence-electron chi connectivity index (χ1n) is 7.02. The van der Waals surface area contributed by atoms with Gasteiger partial charge in [-0.2, -0.15) is 5.10 Å². The molecule has 1 aromatic carbocycles. The molecule has 0 fully saturated rings. The lowest BCUT2D eigenvalue weighted by Crippen LogP contribution is -2.30. The molecule has 0 spiro atoms. The second-order valence-corrected chi connectivity index (χ2v) is 5.32. The predicted molar refractivity (Wildman–Crippen MR) is 85.6 cm³/mol. The van der Waals surface area contributed by atoms with Gasteiger partial charge in [-0.3, -0.25) is 4.79 Å². The molecule has 22 heavy (non-hydrogen) atoms. The minimum atomic E-state index is -0.852. The topological polar surface area (TPSA) is 67.6 Å². The zero-order valence-corrected chi connectivity index (χ0v) is 13.3. The van der Waals surface area contributed by atoms with Crippen LogP contribution in [0.1, 0.15) is 24.2 Å². The summed E-state index contributed by atoms with van der Waals surface area (Å²) in [6.45, 7) is 1.93. The second kappa shape index (κ2) is 6.62. The summed E-state index contributed by atoms with van der Waals surface area (Å²) in [5.41, 5.74) is 1.64. The van der Waals surface area contributed by atoms with Gasteiger partial charge < -0.3 is 14.7 Å². The number of methoxy groups -OCH3 is 1. The molecule has 6 heteroatoms. The van der Waals surface area contributed by atoms with E-state index in [1.54, 1.807) is 25.1 Å². The molecule has 1 unspecified atom stereocenters. The quantitative estimate of drug-likeness (QED) is 0.905. The van der Waals surface area contributed by atoms with Gasteiger partial charge in [-0.25, -0.2) is 4.68 Å². The summed E-state index contributed by atoms with van der Waals surface area (Å²) in [5, 5.41) is 14.1. The molecule has 1 heterocycles. The normalized spacial score (nSPS) is 12.0. The third-order valence-electron chi connectivity index (χ3n) is 3.45. The van der Waals surface area contributed by atoms with Crippen LogP contribution in [0.5, 0.6) is 5.75 Å². The lowest BCUT2D eigenvalue weighted by atomic mass is 10.1. The van der Waals surface area contributed by atoms with Gasteiger partial charge in [-0.15, -0.1) is 0 Å². The van der Waals surface area contributed by atoms with Gasteiger partial charge in [0.1, 0.15) is 5.75 Å². The fourth-order valence-corrected chi connectivity index (χ4v) is 2.26. The SMILES string of the molecule is COc1ccc(Cn2ncc(N(C)C)c(C(C)O)c2=O)cc1. The average molecular weight is 303 g/mol. The Morgan fingerprint density at radius 3 is 2.45 bits per heavy atom. The molecule has 118 valence electrons. The average Bonchev–Trinajstić information content (AvgIpc) is 2.49. The molecule has 0 saturated carbocycles. The Balaban J connectivity index is 2.39. The summed E-state index contributed by atoms with van der Waals surface area (Å²) < 4.78 is 6.47. The Kier molecular flexibility index (Phi) is 4.82. The maximum Gasteiger partial charge on any atom is 0.274 e. The maximum atomic E-state index is 12.6. The number of nitrogens with zero attached hydrogens (tertiary/aromatic N) is 3. The van der Waals surface area contributed by atoms with Crippen LogP contribution in [0.4, 0.5) is 5.69 Å². The highest BCUT2D eigenvalue weighted by Crippen LogP contribution is 2.20. The van der Waals surface area contributed by atoms with Gasteiger partial charge in [-0.05, 0) is 24.6 Å². The first kappa shape index (κ1) is 16.0. The van der Waals surface area contributed by atoms with Crippen LogP contribution in [-0.2, 0) is 6.54 Å². The van der Waals surface area contributed by atoms with E-state index in [4.69, 9.17) is 4.74 Å². The highest BCUT2D eigenvalue weighted by atomic mass is 16.5. The van der Waals surface area contributed by atoms with Crippen LogP contribution in [0.3, 0.4) is 0 Å². The summed E-state index contributed by atoms with van der Waals surface area (Å²) >= 11 is 0. The van der Waals surface area contributed by atoms with E-state index in [9.17, 15) is 9.90 Å². The molecule has 1 aromatic heterocycles. The third-order valence-corrected chi connectivity index (χ3v) is 3.45. The zero-order chi connectivity index (χ0) is 16.3. The number of hydrogen-bond donors (Lipinski definition) is 1. The molecule has 1 N–H and O–H groups in total. The molecule has 6 nitrogen and oxygen atoms in total. The number of aliphatic hydroxyl groups is 1. The van der Waals surface area contributed by atoms with E-state index in [2.05, 4.69) is 5.10 Å². The van der Waals surface area contributed by atoms with E-state index in [1.165, 1.54) is 4.68 Å². The van der Waals surface area contributed by atoms with Crippen molar-refractivity contribution in [3.8, 4) is 5.75 Å². The van der Waals surface area contributed by atoms with E-state index in [1.807, 2.05) is 38.4 Å². The van der Waals surface area contributed by atoms with Crippen LogP contribution in [0.2, 0.25) is 0 Å². The van der Waals surface area contributed by atoms with Gasteiger partial charge >= 0.3 is 0 Å². The van der Waals surface area contributed by atoms with Gasteiger partial charge in [0.25, 0.3) is 5.56 Å². The Labute approximate surface area is 129 Å². The van der Waals surface area contributed by atoms with Crippen molar-refractivity contribution in [1.82, 2.24) is 9.78 Å². The predicted octanol–water partition coefficient (Wildman–Crippen LogP) is 1.42. The summed E-state index contributed by atoms with van der Waals surface area (Å²) in [6.07, 6.45) is 0.752. The molecular formula is C16H21N3O3. The Bertz CT molecular complexity index is 691. The van der Waals surface area contributed by atoms with Crippen molar-refractivity contribution in [2.75, 3.05) is 26.1 Å². The molecule has 0 aliphatic heterocycles. The Morgan fingerprint density at radius 1 is 1.32 bits per heavy atom. The van der Waals surface area contributed by atoms with Crippen molar-refractivity contribution in [3.05, 3.63) is 51.9 Å². The first-order chi connectivity index (χ1) is 10.4. The van der Waals surface area contributed by atoms with Gasteiger partial charge in [-0.1, -0.05) is 12.1 Å². The number of aromatic nitrogens is 2. The molecule has 0 amide bonds. The summed E-state index contributed by atoms with van der Waals surface area (Å²) in [6, 6.07) is 7.44. The van der Waals surface area contributed by atoms with E-state index < -0.39 is 6.10 Å². The lowest BCUT2D eigenvalue weighted by molar-refractivity contribution is 0.197. The smallest absolute Gasteiger partial charge is 0.274 e. The zero-order valence-electron chi connectivity index (χ0n) is 13.3. The van der Waals surface area contributed by atoms with Crippen molar-refractivity contribution in [3.63, 3.8) is 0 Å². The Morgan fingerprint density at radius 2 is 1.95 bits per heavy atom. The van der Waals surface area contributed by atoms with Crippen LogP contribution in [0.25, 0.3) is 0 Å². The number of hydrogen-bond acceptors (Lipinski definition) is 5. The van der Waals surface area contributed by atoms with E-state index in [-0.39, 0.29) is 5.56 Å². The largest absolute Gasteiger partial charge is 0.497 e. The van der Waals surface area contributed by atoms with Crippen molar-refractivity contribution >= 4 is 5.69 Å². The van der Waals surface area contributed by atoms with Crippen molar-refractivity contribution in [2.24, 2.45) is 0 Å². The van der Waals surface area contributed by atoms with Gasteiger partial charge in [0, 0.05) is 14.1 Å². The summed E-state index contributed by atoms with van der Waals surface area (Å²) in [4.78, 5) is 14.3. The van der Waals surface area contributed by atoms with Gasteiger partial charge in [0.2, 0.25) is 0 Å². The van der Waals surface area contributed by atoms with E-state index in [0.717, 1.165) is 11.3 Å². The van der Waals surface area contributed by atoms with Crippen molar-refractivity contribution in [1.29, 1.82) is 0 Å². The fourth-order valence-electron chi connectivity index (χ4n) is 2.26. The molecular weight excluding hydrogens is 282 g/mol. The Hall–Kier alpha value is -2.34. The fraction of sp³-hybridized carbons (Fsp3) is 0.375. The summed E-state index contributed by atoms with van der Waals surface area (Å²) in [7, 11) is 5.24. The number of rotatable bonds is 5. The second-order valence-electron chi connectivity index (χ2n) is 5.32. The third kappa shape index (κ3) is 3.28. The van der Waals surface area contributed by atoms with Crippen LogP contribution >= 0.6 is 0 Å². The van der Waals surface area contributed by atoms with Crippen LogP contribution in [0, 0.1) is 0 Å².